The summed E-state index contributed by atoms with van der Waals surface area (Å²) in [5, 5.41) is 11.5. The lowest BCUT2D eigenvalue weighted by Crippen LogP contribution is -2.40. The van der Waals surface area contributed by atoms with Crippen LogP contribution in [0.4, 0.5) is 15.9 Å². The molecule has 1 aliphatic rings. The van der Waals surface area contributed by atoms with Crippen molar-refractivity contribution >= 4 is 48.1 Å². The van der Waals surface area contributed by atoms with E-state index in [9.17, 15) is 19.4 Å². The Kier molecular flexibility index (Phi) is 9.22. The van der Waals surface area contributed by atoms with Crippen LogP contribution < -0.4 is 10.8 Å². The van der Waals surface area contributed by atoms with Crippen molar-refractivity contribution in [3.05, 3.63) is 77.8 Å². The Morgan fingerprint density at radius 3 is 2.60 bits per heavy atom. The van der Waals surface area contributed by atoms with Crippen molar-refractivity contribution in [2.75, 3.05) is 10.8 Å². The van der Waals surface area contributed by atoms with Crippen molar-refractivity contribution in [1.82, 2.24) is 19.5 Å². The zero-order valence-corrected chi connectivity index (χ0v) is 24.2. The molecule has 0 spiro atoms. The standard InChI is InChI=1S/C26H27ClFN6O8P/c1-15(34(17-10-6-3-7-11-17)39-13-16-8-4-2-5-9-16)25(36)42-43(37,38)41-22(28)21-18(35)12-19(40-21)33-14-30-20-23(29)31-26(27)32-24(20)33/h2-11,14-15,18-19,21-22,35H,12-13H2,1H3,(H,37,38)(H2,29,31,32)/t15-,18-,19+,21-,22?/m0/s1. The normalized spacial score (nSPS) is 21.3. The number of phosphoric acid groups is 1. The Morgan fingerprint density at radius 1 is 1.23 bits per heavy atom. The van der Waals surface area contributed by atoms with Gasteiger partial charge >= 0.3 is 13.8 Å². The Bertz CT molecular complexity index is 1620. The number of aromatic nitrogens is 4. The monoisotopic (exact) mass is 636 g/mol. The fourth-order valence-electron chi connectivity index (χ4n) is 4.40. The third kappa shape index (κ3) is 7.11. The number of hydroxylamine groups is 1. The van der Waals surface area contributed by atoms with E-state index in [1.807, 2.05) is 30.3 Å². The van der Waals surface area contributed by atoms with Crippen molar-refractivity contribution < 1.29 is 42.4 Å². The number of phosphoric ester groups is 1. The SMILES string of the molecule is C[C@@H](C(=O)OP(=O)(O)OC(F)[C@H]1O[C@@H](n2cnc3c(N)nc(Cl)nc32)C[C@@H]1O)N(OCc1ccccc1)c1ccccc1. The molecule has 2 aromatic carbocycles. The van der Waals surface area contributed by atoms with E-state index in [2.05, 4.69) is 19.5 Å². The van der Waals surface area contributed by atoms with Gasteiger partial charge in [0.15, 0.2) is 17.5 Å². The van der Waals surface area contributed by atoms with Crippen LogP contribution in [0.3, 0.4) is 0 Å². The van der Waals surface area contributed by atoms with E-state index in [0.29, 0.717) is 5.69 Å². The van der Waals surface area contributed by atoms with Crippen LogP contribution in [-0.4, -0.2) is 60.1 Å². The van der Waals surface area contributed by atoms with E-state index < -0.39 is 44.6 Å². The van der Waals surface area contributed by atoms with Crippen LogP contribution in [0.5, 0.6) is 0 Å². The number of ether oxygens (including phenoxy) is 1. The molecule has 1 aliphatic heterocycles. The van der Waals surface area contributed by atoms with Crippen molar-refractivity contribution in [2.45, 2.75) is 50.8 Å². The minimum atomic E-state index is -5.35. The fourth-order valence-corrected chi connectivity index (χ4v) is 5.37. The van der Waals surface area contributed by atoms with Gasteiger partial charge in [0.1, 0.15) is 17.8 Å². The number of aliphatic hydroxyl groups is 1. The van der Waals surface area contributed by atoms with Crippen LogP contribution in [-0.2, 0) is 34.6 Å². The number of hydrogen-bond acceptors (Lipinski definition) is 12. The topological polar surface area (TPSA) is 184 Å². The predicted molar refractivity (Wildman–Crippen MR) is 151 cm³/mol. The molecule has 4 aromatic rings. The number of nitrogens with zero attached hydrogens (tertiary/aromatic N) is 5. The number of halogens is 2. The summed E-state index contributed by atoms with van der Waals surface area (Å²) in [5.41, 5.74) is 7.43. The van der Waals surface area contributed by atoms with E-state index in [-0.39, 0.29) is 35.3 Å². The second kappa shape index (κ2) is 12.9. The van der Waals surface area contributed by atoms with Gasteiger partial charge in [0.25, 0.3) is 0 Å². The number of rotatable bonds is 11. The van der Waals surface area contributed by atoms with E-state index in [1.165, 1.54) is 22.9 Å². The third-order valence-electron chi connectivity index (χ3n) is 6.48. The van der Waals surface area contributed by atoms with Gasteiger partial charge < -0.3 is 20.1 Å². The van der Waals surface area contributed by atoms with Crippen LogP contribution >= 0.6 is 19.4 Å². The average Bonchev–Trinajstić information content (AvgIpc) is 3.57. The molecule has 43 heavy (non-hydrogen) atoms. The molecule has 1 saturated heterocycles. The number of alkyl halides is 1. The largest absolute Gasteiger partial charge is 0.532 e. The highest BCUT2D eigenvalue weighted by molar-refractivity contribution is 7.48. The minimum absolute atomic E-state index is 0.00380. The number of carbonyl (C=O) groups is 1. The summed E-state index contributed by atoms with van der Waals surface area (Å²) >= 11 is 5.88. The first-order chi connectivity index (χ1) is 20.5. The summed E-state index contributed by atoms with van der Waals surface area (Å²) in [6.45, 7) is 1.45. The second-order valence-electron chi connectivity index (χ2n) is 9.49. The lowest BCUT2D eigenvalue weighted by atomic mass is 10.2. The molecule has 2 aromatic heterocycles. The molecule has 2 unspecified atom stereocenters. The molecule has 5 rings (SSSR count). The summed E-state index contributed by atoms with van der Waals surface area (Å²) in [6.07, 6.45) is -5.78. The highest BCUT2D eigenvalue weighted by atomic mass is 35.5. The summed E-state index contributed by atoms with van der Waals surface area (Å²) in [4.78, 5) is 41.0. The number of anilines is 2. The third-order valence-corrected chi connectivity index (χ3v) is 7.53. The minimum Gasteiger partial charge on any atom is -0.390 e. The first-order valence-electron chi connectivity index (χ1n) is 12.9. The number of para-hydroxylation sites is 1. The molecule has 0 aliphatic carbocycles. The van der Waals surface area contributed by atoms with E-state index >= 15 is 4.39 Å². The van der Waals surface area contributed by atoms with Gasteiger partial charge in [-0.05, 0) is 36.2 Å². The van der Waals surface area contributed by atoms with Gasteiger partial charge in [-0.15, -0.1) is 0 Å². The van der Waals surface area contributed by atoms with Gasteiger partial charge in [0.05, 0.1) is 24.7 Å². The number of carbonyl (C=O) groups excluding carboxylic acids is 1. The first kappa shape index (κ1) is 30.8. The number of imidazole rings is 1. The van der Waals surface area contributed by atoms with Crippen molar-refractivity contribution in [3.63, 3.8) is 0 Å². The van der Waals surface area contributed by atoms with Crippen molar-refractivity contribution in [1.29, 1.82) is 0 Å². The molecule has 0 radical (unpaired) electrons. The summed E-state index contributed by atoms with van der Waals surface area (Å²) in [5.74, 6) is -1.23. The predicted octanol–water partition coefficient (Wildman–Crippen LogP) is 3.69. The highest BCUT2D eigenvalue weighted by Gasteiger charge is 2.45. The molecule has 0 amide bonds. The van der Waals surface area contributed by atoms with Crippen LogP contribution in [0.1, 0.15) is 25.1 Å². The number of hydrogen-bond donors (Lipinski definition) is 3. The molecule has 228 valence electrons. The second-order valence-corrected chi connectivity index (χ2v) is 11.2. The maximum absolute atomic E-state index is 15.1. The van der Waals surface area contributed by atoms with Crippen LogP contribution in [0.15, 0.2) is 67.0 Å². The van der Waals surface area contributed by atoms with Gasteiger partial charge in [0.2, 0.25) is 11.6 Å². The Labute approximate surface area is 249 Å². The van der Waals surface area contributed by atoms with Gasteiger partial charge in [-0.1, -0.05) is 48.5 Å². The van der Waals surface area contributed by atoms with Crippen LogP contribution in [0, 0.1) is 0 Å². The fraction of sp³-hybridized carbons (Fsp3) is 0.308. The number of nitrogens with two attached hydrogens (primary N) is 1. The Balaban J connectivity index is 1.24. The molecule has 6 atom stereocenters. The molecule has 4 N–H and O–H groups in total. The van der Waals surface area contributed by atoms with Crippen molar-refractivity contribution in [3.8, 4) is 0 Å². The molecule has 17 heteroatoms. The van der Waals surface area contributed by atoms with E-state index in [0.717, 1.165) is 5.56 Å². The lowest BCUT2D eigenvalue weighted by molar-refractivity contribution is -0.145. The van der Waals surface area contributed by atoms with Gasteiger partial charge in [-0.25, -0.2) is 28.3 Å². The van der Waals surface area contributed by atoms with E-state index in [4.69, 9.17) is 31.4 Å². The molecule has 0 saturated carbocycles. The molecule has 14 nitrogen and oxygen atoms in total. The number of benzene rings is 2. The maximum atomic E-state index is 15.1. The number of aliphatic hydroxyl groups excluding tert-OH is 1. The lowest BCUT2D eigenvalue weighted by Gasteiger charge is -2.29. The summed E-state index contributed by atoms with van der Waals surface area (Å²) in [6, 6.07) is 16.4. The van der Waals surface area contributed by atoms with Crippen LogP contribution in [0.2, 0.25) is 5.28 Å². The molecular formula is C26H27ClFN6O8P. The molecule has 3 heterocycles. The quantitative estimate of drug-likeness (QED) is 0.123. The Hall–Kier alpha value is -3.69. The summed E-state index contributed by atoms with van der Waals surface area (Å²) in [7, 11) is -5.35. The first-order valence-corrected chi connectivity index (χ1v) is 14.8. The van der Waals surface area contributed by atoms with Gasteiger partial charge in [-0.2, -0.15) is 9.97 Å². The van der Waals surface area contributed by atoms with Gasteiger partial charge in [-0.3, -0.25) is 14.3 Å². The average molecular weight is 637 g/mol. The van der Waals surface area contributed by atoms with Crippen molar-refractivity contribution in [2.24, 2.45) is 0 Å². The molecule has 1 fully saturated rings. The smallest absolute Gasteiger partial charge is 0.390 e. The molecule has 0 bridgehead atoms. The maximum Gasteiger partial charge on any atom is 0.532 e. The van der Waals surface area contributed by atoms with E-state index in [1.54, 1.807) is 30.3 Å². The zero-order chi connectivity index (χ0) is 30.7. The zero-order valence-electron chi connectivity index (χ0n) is 22.5. The van der Waals surface area contributed by atoms with Gasteiger partial charge in [0, 0.05) is 6.42 Å². The highest BCUT2D eigenvalue weighted by Crippen LogP contribution is 2.48. The Morgan fingerprint density at radius 2 is 1.91 bits per heavy atom. The molecular weight excluding hydrogens is 610 g/mol. The number of fused-ring (bicyclic) bond motifs is 1. The summed E-state index contributed by atoms with van der Waals surface area (Å²) < 4.78 is 44.0. The van der Waals surface area contributed by atoms with Crippen LogP contribution in [0.25, 0.3) is 11.2 Å². The number of nitrogen functional groups attached to an aromatic ring is 1.